The SMILES string of the molecule is O=[N+]([O-])c1ccc(Cl)nc1Nc1c(Cl)cc(F)cc1Br. The first-order chi connectivity index (χ1) is 9.38. The number of hydrogen-bond acceptors (Lipinski definition) is 4. The summed E-state index contributed by atoms with van der Waals surface area (Å²) in [4.78, 5) is 14.1. The van der Waals surface area contributed by atoms with Gasteiger partial charge >= 0.3 is 5.69 Å². The zero-order valence-corrected chi connectivity index (χ0v) is 12.6. The molecule has 0 aliphatic rings. The average Bonchev–Trinajstić information content (AvgIpc) is 2.33. The van der Waals surface area contributed by atoms with Crippen LogP contribution in [-0.4, -0.2) is 9.91 Å². The molecule has 0 amide bonds. The van der Waals surface area contributed by atoms with Gasteiger partial charge in [0.05, 0.1) is 15.6 Å². The van der Waals surface area contributed by atoms with E-state index in [2.05, 4.69) is 26.2 Å². The van der Waals surface area contributed by atoms with Crippen LogP contribution >= 0.6 is 39.1 Å². The molecule has 20 heavy (non-hydrogen) atoms. The highest BCUT2D eigenvalue weighted by molar-refractivity contribution is 9.10. The van der Waals surface area contributed by atoms with Crippen LogP contribution < -0.4 is 5.32 Å². The minimum atomic E-state index is -0.614. The number of rotatable bonds is 3. The van der Waals surface area contributed by atoms with Gasteiger partial charge in [-0.1, -0.05) is 23.2 Å². The second kappa shape index (κ2) is 5.90. The van der Waals surface area contributed by atoms with Crippen molar-refractivity contribution in [2.75, 3.05) is 5.32 Å². The highest BCUT2D eigenvalue weighted by Crippen LogP contribution is 2.36. The van der Waals surface area contributed by atoms with Crippen molar-refractivity contribution >= 4 is 56.3 Å². The van der Waals surface area contributed by atoms with Gasteiger partial charge in [-0.05, 0) is 34.1 Å². The largest absolute Gasteiger partial charge is 0.332 e. The summed E-state index contributed by atoms with van der Waals surface area (Å²) in [5.41, 5.74) is -0.0207. The third-order valence-corrected chi connectivity index (χ3v) is 3.42. The van der Waals surface area contributed by atoms with E-state index in [4.69, 9.17) is 23.2 Å². The van der Waals surface area contributed by atoms with E-state index in [1.54, 1.807) is 0 Å². The highest BCUT2D eigenvalue weighted by atomic mass is 79.9. The molecule has 2 rings (SSSR count). The summed E-state index contributed by atoms with van der Waals surface area (Å²) >= 11 is 14.7. The number of nitrogens with zero attached hydrogens (tertiary/aromatic N) is 2. The molecule has 5 nitrogen and oxygen atoms in total. The molecule has 9 heteroatoms. The molecule has 0 saturated carbocycles. The summed E-state index contributed by atoms with van der Waals surface area (Å²) in [5.74, 6) is -0.627. The predicted molar refractivity (Wildman–Crippen MR) is 78.3 cm³/mol. The molecule has 0 saturated heterocycles. The van der Waals surface area contributed by atoms with Crippen molar-refractivity contribution in [1.29, 1.82) is 0 Å². The number of pyridine rings is 1. The van der Waals surface area contributed by atoms with E-state index in [0.29, 0.717) is 4.47 Å². The number of benzene rings is 1. The number of anilines is 2. The van der Waals surface area contributed by atoms with E-state index in [1.165, 1.54) is 18.2 Å². The van der Waals surface area contributed by atoms with Crippen LogP contribution in [0.15, 0.2) is 28.7 Å². The van der Waals surface area contributed by atoms with Crippen LogP contribution in [0, 0.1) is 15.9 Å². The summed E-state index contributed by atoms with van der Waals surface area (Å²) < 4.78 is 13.4. The fourth-order valence-electron chi connectivity index (χ4n) is 1.45. The molecule has 0 radical (unpaired) electrons. The predicted octanol–water partition coefficient (Wildman–Crippen LogP) is 4.94. The van der Waals surface area contributed by atoms with E-state index in [9.17, 15) is 14.5 Å². The number of halogens is 4. The summed E-state index contributed by atoms with van der Waals surface area (Å²) in [6.45, 7) is 0. The first-order valence-electron chi connectivity index (χ1n) is 5.11. The van der Waals surface area contributed by atoms with Gasteiger partial charge < -0.3 is 5.32 Å². The molecule has 0 bridgehead atoms. The van der Waals surface area contributed by atoms with E-state index in [-0.39, 0.29) is 27.4 Å². The van der Waals surface area contributed by atoms with Crippen molar-refractivity contribution < 1.29 is 9.31 Å². The molecule has 0 fully saturated rings. The molecule has 0 aliphatic heterocycles. The second-order valence-electron chi connectivity index (χ2n) is 3.63. The lowest BCUT2D eigenvalue weighted by molar-refractivity contribution is -0.384. The average molecular weight is 381 g/mol. The topological polar surface area (TPSA) is 68.1 Å². The lowest BCUT2D eigenvalue weighted by Crippen LogP contribution is -2.01. The Morgan fingerprint density at radius 3 is 2.65 bits per heavy atom. The molecule has 0 aliphatic carbocycles. The zero-order valence-electron chi connectivity index (χ0n) is 9.53. The van der Waals surface area contributed by atoms with Crippen molar-refractivity contribution in [3.8, 4) is 0 Å². The van der Waals surface area contributed by atoms with E-state index >= 15 is 0 Å². The van der Waals surface area contributed by atoms with Crippen LogP contribution in [0.4, 0.5) is 21.6 Å². The lowest BCUT2D eigenvalue weighted by Gasteiger charge is -2.10. The Hall–Kier alpha value is -1.44. The molecule has 1 N–H and O–H groups in total. The fourth-order valence-corrected chi connectivity index (χ4v) is 2.49. The summed E-state index contributed by atoms with van der Waals surface area (Å²) in [6.07, 6.45) is 0. The molecule has 0 unspecified atom stereocenters. The Morgan fingerprint density at radius 2 is 2.05 bits per heavy atom. The first kappa shape index (κ1) is 15.0. The maximum atomic E-state index is 13.1. The van der Waals surface area contributed by atoms with Crippen LogP contribution in [0.3, 0.4) is 0 Å². The Kier molecular flexibility index (Phi) is 4.42. The summed E-state index contributed by atoms with van der Waals surface area (Å²) in [7, 11) is 0. The lowest BCUT2D eigenvalue weighted by atomic mass is 10.3. The first-order valence-corrected chi connectivity index (χ1v) is 6.66. The Bertz CT molecular complexity index is 676. The van der Waals surface area contributed by atoms with Gasteiger partial charge in [0.15, 0.2) is 0 Å². The highest BCUT2D eigenvalue weighted by Gasteiger charge is 2.18. The normalized spacial score (nSPS) is 10.4. The van der Waals surface area contributed by atoms with Gasteiger partial charge in [-0.15, -0.1) is 0 Å². The molecule has 2 aromatic rings. The van der Waals surface area contributed by atoms with Gasteiger partial charge in [0.1, 0.15) is 11.0 Å². The minimum absolute atomic E-state index is 0.0490. The molecule has 0 atom stereocenters. The molecule has 104 valence electrons. The zero-order chi connectivity index (χ0) is 14.9. The van der Waals surface area contributed by atoms with E-state index in [0.717, 1.165) is 6.07 Å². The van der Waals surface area contributed by atoms with Gasteiger partial charge in [0, 0.05) is 10.5 Å². The van der Waals surface area contributed by atoms with Gasteiger partial charge in [-0.2, -0.15) is 0 Å². The third kappa shape index (κ3) is 3.17. The van der Waals surface area contributed by atoms with Crippen molar-refractivity contribution in [3.05, 3.63) is 54.8 Å². The number of nitro groups is 1. The van der Waals surface area contributed by atoms with Crippen LogP contribution in [0.25, 0.3) is 0 Å². The molecule has 1 heterocycles. The van der Waals surface area contributed by atoms with Gasteiger partial charge in [-0.3, -0.25) is 10.1 Å². The quantitative estimate of drug-likeness (QED) is 0.465. The van der Waals surface area contributed by atoms with Crippen LogP contribution in [0.5, 0.6) is 0 Å². The van der Waals surface area contributed by atoms with Gasteiger partial charge in [0.25, 0.3) is 0 Å². The molecule has 0 spiro atoms. The van der Waals surface area contributed by atoms with Crippen molar-refractivity contribution in [1.82, 2.24) is 4.98 Å². The smallest absolute Gasteiger partial charge is 0.311 e. The Morgan fingerprint density at radius 1 is 1.35 bits per heavy atom. The maximum Gasteiger partial charge on any atom is 0.311 e. The molecular weight excluding hydrogens is 376 g/mol. The van der Waals surface area contributed by atoms with Crippen LogP contribution in [-0.2, 0) is 0 Å². The van der Waals surface area contributed by atoms with Gasteiger partial charge in [0.2, 0.25) is 5.82 Å². The van der Waals surface area contributed by atoms with Crippen molar-refractivity contribution in [2.24, 2.45) is 0 Å². The standard InChI is InChI=1S/C11H5BrCl2FN3O2/c12-6-3-5(15)4-7(13)10(6)17-11-8(18(19)20)1-2-9(14)16-11/h1-4H,(H,16,17). The minimum Gasteiger partial charge on any atom is -0.332 e. The van der Waals surface area contributed by atoms with Crippen molar-refractivity contribution in [3.63, 3.8) is 0 Å². The fraction of sp³-hybridized carbons (Fsp3) is 0. The maximum absolute atomic E-state index is 13.1. The summed E-state index contributed by atoms with van der Waals surface area (Å²) in [5, 5.41) is 13.7. The van der Waals surface area contributed by atoms with E-state index in [1.807, 2.05) is 0 Å². The monoisotopic (exact) mass is 379 g/mol. The molecular formula is C11H5BrCl2FN3O2. The Labute approximate surface area is 131 Å². The number of aromatic nitrogens is 1. The van der Waals surface area contributed by atoms with Crippen LogP contribution in [0.2, 0.25) is 10.2 Å². The van der Waals surface area contributed by atoms with Crippen LogP contribution in [0.1, 0.15) is 0 Å². The van der Waals surface area contributed by atoms with Crippen molar-refractivity contribution in [2.45, 2.75) is 0 Å². The number of hydrogen-bond donors (Lipinski definition) is 1. The molecule has 1 aromatic carbocycles. The second-order valence-corrected chi connectivity index (χ2v) is 5.28. The Balaban J connectivity index is 2.50. The van der Waals surface area contributed by atoms with E-state index < -0.39 is 10.7 Å². The van der Waals surface area contributed by atoms with Gasteiger partial charge in [-0.25, -0.2) is 9.37 Å². The third-order valence-electron chi connectivity index (χ3n) is 2.29. The number of nitrogens with one attached hydrogen (secondary N) is 1. The summed E-state index contributed by atoms with van der Waals surface area (Å²) in [6, 6.07) is 4.75. The molecule has 1 aromatic heterocycles.